The molecule has 0 unspecified atom stereocenters. The van der Waals surface area contributed by atoms with Crippen molar-refractivity contribution < 1.29 is 4.79 Å². The third-order valence-electron chi connectivity index (χ3n) is 2.50. The molecule has 0 aliphatic heterocycles. The molecule has 92 valence electrons. The van der Waals surface area contributed by atoms with Gasteiger partial charge in [0.05, 0.1) is 12.9 Å². The molecular weight excluding hydrogens is 296 g/mol. The van der Waals surface area contributed by atoms with Crippen LogP contribution in [0.15, 0.2) is 45.9 Å². The van der Waals surface area contributed by atoms with Crippen LogP contribution in [0.2, 0.25) is 0 Å². The normalized spacial score (nSPS) is 10.3. The fourth-order valence-electron chi connectivity index (χ4n) is 1.52. The fraction of sp³-hybridized carbons (Fsp3) is 0.154. The summed E-state index contributed by atoms with van der Waals surface area (Å²) in [6.07, 6.45) is 1.40. The van der Waals surface area contributed by atoms with Crippen molar-refractivity contribution in [1.82, 2.24) is 9.55 Å². The van der Waals surface area contributed by atoms with Gasteiger partial charge in [0.25, 0.3) is 5.56 Å². The lowest BCUT2D eigenvalue weighted by molar-refractivity contribution is 0.0970. The van der Waals surface area contributed by atoms with Crippen molar-refractivity contribution >= 4 is 21.7 Å². The number of carbonyl (C=O) groups is 1. The van der Waals surface area contributed by atoms with E-state index in [4.69, 9.17) is 0 Å². The lowest BCUT2D eigenvalue weighted by atomic mass is 10.1. The maximum atomic E-state index is 12.0. The number of hydrogen-bond donors (Lipinski definition) is 0. The van der Waals surface area contributed by atoms with Gasteiger partial charge in [0, 0.05) is 21.8 Å². The van der Waals surface area contributed by atoms with E-state index >= 15 is 0 Å². The van der Waals surface area contributed by atoms with E-state index in [1.165, 1.54) is 17.0 Å². The molecule has 0 spiro atoms. The third kappa shape index (κ3) is 2.92. The van der Waals surface area contributed by atoms with Crippen LogP contribution in [0, 0.1) is 6.92 Å². The van der Waals surface area contributed by atoms with Gasteiger partial charge in [-0.15, -0.1) is 0 Å². The summed E-state index contributed by atoms with van der Waals surface area (Å²) in [7, 11) is 0. The summed E-state index contributed by atoms with van der Waals surface area (Å²) in [5, 5.41) is 0. The number of benzene rings is 1. The number of hydrogen-bond acceptors (Lipinski definition) is 3. The van der Waals surface area contributed by atoms with E-state index in [-0.39, 0.29) is 17.9 Å². The fourth-order valence-corrected chi connectivity index (χ4v) is 1.78. The number of aromatic nitrogens is 2. The van der Waals surface area contributed by atoms with Crippen molar-refractivity contribution in [3.8, 4) is 0 Å². The maximum Gasteiger partial charge on any atom is 0.253 e. The molecule has 1 aromatic carbocycles. The minimum atomic E-state index is -0.215. The van der Waals surface area contributed by atoms with Crippen molar-refractivity contribution in [2.24, 2.45) is 0 Å². The lowest BCUT2D eigenvalue weighted by Gasteiger charge is -2.04. The molecule has 5 heteroatoms. The van der Waals surface area contributed by atoms with Crippen LogP contribution in [-0.4, -0.2) is 15.3 Å². The maximum absolute atomic E-state index is 12.0. The van der Waals surface area contributed by atoms with Gasteiger partial charge in [0.15, 0.2) is 5.78 Å². The van der Waals surface area contributed by atoms with Crippen molar-refractivity contribution in [3.05, 3.63) is 62.7 Å². The Kier molecular flexibility index (Phi) is 3.72. The predicted octanol–water partition coefficient (Wildman–Crippen LogP) is 2.20. The average molecular weight is 307 g/mol. The van der Waals surface area contributed by atoms with Crippen LogP contribution < -0.4 is 5.56 Å². The largest absolute Gasteiger partial charge is 0.292 e. The minimum Gasteiger partial charge on any atom is -0.292 e. The number of rotatable bonds is 3. The van der Waals surface area contributed by atoms with Crippen LogP contribution in [0.5, 0.6) is 0 Å². The van der Waals surface area contributed by atoms with Crippen LogP contribution in [0.25, 0.3) is 0 Å². The highest BCUT2D eigenvalue weighted by molar-refractivity contribution is 9.10. The Labute approximate surface area is 112 Å². The Hall–Kier alpha value is -1.75. The van der Waals surface area contributed by atoms with E-state index < -0.39 is 0 Å². The number of Topliss-reactive ketones (excluding diaryl/α,β-unsaturated/α-hetero) is 1. The van der Waals surface area contributed by atoms with Gasteiger partial charge in [-0.25, -0.2) is 4.98 Å². The molecule has 2 aromatic rings. The number of carbonyl (C=O) groups excluding carboxylic acids is 1. The molecule has 4 nitrogen and oxygen atoms in total. The Bertz CT molecular complexity index is 632. The van der Waals surface area contributed by atoms with E-state index in [1.807, 2.05) is 0 Å². The summed E-state index contributed by atoms with van der Waals surface area (Å²) >= 11 is 3.30. The Balaban J connectivity index is 2.21. The summed E-state index contributed by atoms with van der Waals surface area (Å²) < 4.78 is 2.21. The van der Waals surface area contributed by atoms with E-state index in [9.17, 15) is 9.59 Å². The van der Waals surface area contributed by atoms with Crippen molar-refractivity contribution in [1.29, 1.82) is 0 Å². The van der Waals surface area contributed by atoms with E-state index in [1.54, 1.807) is 31.2 Å². The highest BCUT2D eigenvalue weighted by Crippen LogP contribution is 2.11. The standard InChI is InChI=1S/C13H11BrN2O2/c1-9-6-13(18)16(8-15-9)7-12(17)10-2-4-11(14)5-3-10/h2-6,8H,7H2,1H3. The molecular formula is C13H11BrN2O2. The molecule has 0 saturated carbocycles. The first-order valence-electron chi connectivity index (χ1n) is 5.38. The van der Waals surface area contributed by atoms with Gasteiger partial charge in [-0.3, -0.25) is 14.2 Å². The molecule has 0 bridgehead atoms. The van der Waals surface area contributed by atoms with Gasteiger partial charge < -0.3 is 0 Å². The highest BCUT2D eigenvalue weighted by atomic mass is 79.9. The summed E-state index contributed by atoms with van der Waals surface area (Å²) in [5.41, 5.74) is 1.01. The van der Waals surface area contributed by atoms with E-state index in [0.29, 0.717) is 11.3 Å². The lowest BCUT2D eigenvalue weighted by Crippen LogP contribution is -2.24. The monoisotopic (exact) mass is 306 g/mol. The number of aryl methyl sites for hydroxylation is 1. The van der Waals surface area contributed by atoms with E-state index in [0.717, 1.165) is 4.47 Å². The zero-order valence-corrected chi connectivity index (χ0v) is 11.3. The first kappa shape index (κ1) is 12.7. The molecule has 0 aliphatic rings. The Morgan fingerprint density at radius 2 is 2.00 bits per heavy atom. The molecule has 0 radical (unpaired) electrons. The quantitative estimate of drug-likeness (QED) is 0.817. The first-order chi connectivity index (χ1) is 8.56. The molecule has 0 atom stereocenters. The van der Waals surface area contributed by atoms with Crippen LogP contribution >= 0.6 is 15.9 Å². The predicted molar refractivity (Wildman–Crippen MR) is 71.7 cm³/mol. The van der Waals surface area contributed by atoms with Gasteiger partial charge >= 0.3 is 0 Å². The van der Waals surface area contributed by atoms with Crippen molar-refractivity contribution in [2.75, 3.05) is 0 Å². The zero-order chi connectivity index (χ0) is 13.1. The second-order valence-corrected chi connectivity index (χ2v) is 4.84. The highest BCUT2D eigenvalue weighted by Gasteiger charge is 2.07. The SMILES string of the molecule is Cc1cc(=O)n(CC(=O)c2ccc(Br)cc2)cn1. The molecule has 0 N–H and O–H groups in total. The van der Waals surface area contributed by atoms with Crippen LogP contribution in [0.3, 0.4) is 0 Å². The molecule has 2 rings (SSSR count). The number of ketones is 1. The van der Waals surface area contributed by atoms with Crippen LogP contribution in [0.4, 0.5) is 0 Å². The molecule has 0 saturated heterocycles. The molecule has 1 aromatic heterocycles. The van der Waals surface area contributed by atoms with Crippen LogP contribution in [0.1, 0.15) is 16.1 Å². The van der Waals surface area contributed by atoms with Gasteiger partial charge in [0.1, 0.15) is 0 Å². The topological polar surface area (TPSA) is 52.0 Å². The van der Waals surface area contributed by atoms with Crippen molar-refractivity contribution in [2.45, 2.75) is 13.5 Å². The van der Waals surface area contributed by atoms with E-state index in [2.05, 4.69) is 20.9 Å². The third-order valence-corrected chi connectivity index (χ3v) is 3.03. The summed E-state index contributed by atoms with van der Waals surface area (Å²) in [5.74, 6) is -0.116. The molecule has 0 aliphatic carbocycles. The summed E-state index contributed by atoms with van der Waals surface area (Å²) in [6.45, 7) is 1.75. The molecule has 0 amide bonds. The summed E-state index contributed by atoms with van der Waals surface area (Å²) in [4.78, 5) is 27.6. The van der Waals surface area contributed by atoms with Gasteiger partial charge in [-0.05, 0) is 19.1 Å². The van der Waals surface area contributed by atoms with Crippen LogP contribution in [-0.2, 0) is 6.54 Å². The zero-order valence-electron chi connectivity index (χ0n) is 9.76. The molecule has 1 heterocycles. The Morgan fingerprint density at radius 3 is 2.61 bits per heavy atom. The van der Waals surface area contributed by atoms with Gasteiger partial charge in [-0.1, -0.05) is 28.1 Å². The van der Waals surface area contributed by atoms with Gasteiger partial charge in [-0.2, -0.15) is 0 Å². The molecule has 0 fully saturated rings. The number of nitrogens with zero attached hydrogens (tertiary/aromatic N) is 2. The van der Waals surface area contributed by atoms with Crippen molar-refractivity contribution in [3.63, 3.8) is 0 Å². The number of halogens is 1. The minimum absolute atomic E-state index is 0.00768. The van der Waals surface area contributed by atoms with Gasteiger partial charge in [0.2, 0.25) is 0 Å². The second kappa shape index (κ2) is 5.27. The Morgan fingerprint density at radius 1 is 1.33 bits per heavy atom. The smallest absolute Gasteiger partial charge is 0.253 e. The molecule has 18 heavy (non-hydrogen) atoms. The second-order valence-electron chi connectivity index (χ2n) is 3.93. The summed E-state index contributed by atoms with van der Waals surface area (Å²) in [6, 6.07) is 8.44. The average Bonchev–Trinajstić information content (AvgIpc) is 2.33. The first-order valence-corrected chi connectivity index (χ1v) is 6.17.